The first kappa shape index (κ1) is 24.2. The third kappa shape index (κ3) is 4.54. The quantitative estimate of drug-likeness (QED) is 0.592. The zero-order valence-corrected chi connectivity index (χ0v) is 17.5. The molecule has 1 heterocycles. The Hall–Kier alpha value is -2.40. The number of anilines is 1. The van der Waals surface area contributed by atoms with Gasteiger partial charge in [-0.2, -0.15) is 26.3 Å². The van der Waals surface area contributed by atoms with Crippen LogP contribution in [0, 0.1) is 0 Å². The Kier molecular flexibility index (Phi) is 6.71. The maximum absolute atomic E-state index is 13.3. The van der Waals surface area contributed by atoms with Gasteiger partial charge < -0.3 is 14.7 Å². The number of benzene rings is 2. The maximum Gasteiger partial charge on any atom is 0.430 e. The molecule has 174 valence electrons. The van der Waals surface area contributed by atoms with Gasteiger partial charge in [0.25, 0.3) is 11.5 Å². The highest BCUT2D eigenvalue weighted by Gasteiger charge is 2.71. The van der Waals surface area contributed by atoms with E-state index in [9.17, 15) is 36.2 Å². The first-order chi connectivity index (χ1) is 14.9. The molecule has 1 aliphatic heterocycles. The van der Waals surface area contributed by atoms with Gasteiger partial charge in [0.2, 0.25) is 0 Å². The summed E-state index contributed by atoms with van der Waals surface area (Å²) in [5.41, 5.74) is -6.22. The fraction of sp³-hybridized carbons (Fsp3) is 0.381. The Labute approximate surface area is 184 Å². The van der Waals surface area contributed by atoms with E-state index in [1.165, 1.54) is 4.90 Å². The van der Waals surface area contributed by atoms with Crippen LogP contribution in [0.4, 0.5) is 32.0 Å². The lowest BCUT2D eigenvalue weighted by molar-refractivity contribution is -0.376. The number of thioether (sulfide) groups is 1. The second-order valence-corrected chi connectivity index (χ2v) is 8.48. The van der Waals surface area contributed by atoms with Gasteiger partial charge in [0.1, 0.15) is 5.75 Å². The number of ether oxygens (including phenoxy) is 1. The van der Waals surface area contributed by atoms with E-state index in [1.54, 1.807) is 37.3 Å². The van der Waals surface area contributed by atoms with E-state index in [0.29, 0.717) is 24.3 Å². The SMILES string of the molecule is CCC1CN(C(=O)COc2ccccc2)c2ccc(C(O)(C(F)(F)F)C(F)(F)F)cc2S1. The highest BCUT2D eigenvalue weighted by Crippen LogP contribution is 2.52. The Balaban J connectivity index is 1.95. The van der Waals surface area contributed by atoms with Crippen LogP contribution in [0.1, 0.15) is 18.9 Å². The predicted molar refractivity (Wildman–Crippen MR) is 107 cm³/mol. The van der Waals surface area contributed by atoms with Crippen LogP contribution in [0.15, 0.2) is 53.4 Å². The summed E-state index contributed by atoms with van der Waals surface area (Å²) in [5.74, 6) is -0.0567. The second kappa shape index (κ2) is 8.86. The van der Waals surface area contributed by atoms with E-state index >= 15 is 0 Å². The fourth-order valence-corrected chi connectivity index (χ4v) is 4.50. The molecule has 0 bridgehead atoms. The zero-order valence-electron chi connectivity index (χ0n) is 16.7. The van der Waals surface area contributed by atoms with Crippen molar-refractivity contribution in [3.8, 4) is 5.75 Å². The van der Waals surface area contributed by atoms with Crippen LogP contribution in [0.2, 0.25) is 0 Å². The van der Waals surface area contributed by atoms with Gasteiger partial charge in [0.05, 0.1) is 5.69 Å². The third-order valence-corrected chi connectivity index (χ3v) is 6.43. The molecule has 3 rings (SSSR count). The van der Waals surface area contributed by atoms with Gasteiger partial charge in [-0.15, -0.1) is 11.8 Å². The van der Waals surface area contributed by atoms with Crippen molar-refractivity contribution in [2.75, 3.05) is 18.1 Å². The van der Waals surface area contributed by atoms with Crippen LogP contribution in [-0.4, -0.2) is 41.8 Å². The predicted octanol–water partition coefficient (Wildman–Crippen LogP) is 5.30. The van der Waals surface area contributed by atoms with E-state index in [0.717, 1.165) is 17.8 Å². The number of nitrogens with zero attached hydrogens (tertiary/aromatic N) is 1. The molecule has 2 aromatic carbocycles. The standard InChI is InChI=1S/C21H19F6NO3S/c1-2-15-11-28(18(29)12-31-14-6-4-3-5-7-14)16-9-8-13(10-17(16)32-15)19(30,20(22,23)24)21(25,26)27/h3-10,15,30H,2,11-12H2,1H3. The fourth-order valence-electron chi connectivity index (χ4n) is 3.25. The van der Waals surface area contributed by atoms with Crippen LogP contribution in [0.5, 0.6) is 5.75 Å². The van der Waals surface area contributed by atoms with Crippen molar-refractivity contribution in [3.63, 3.8) is 0 Å². The normalized spacial score (nSPS) is 17.1. The Morgan fingerprint density at radius 2 is 1.72 bits per heavy atom. The average Bonchev–Trinajstić information content (AvgIpc) is 2.74. The van der Waals surface area contributed by atoms with Crippen LogP contribution in [0.25, 0.3) is 0 Å². The molecule has 0 radical (unpaired) electrons. The van der Waals surface area contributed by atoms with E-state index in [2.05, 4.69) is 0 Å². The molecule has 1 amide bonds. The molecule has 2 aromatic rings. The molecular weight excluding hydrogens is 460 g/mol. The summed E-state index contributed by atoms with van der Waals surface area (Å²) in [6, 6.07) is 10.7. The number of hydrogen-bond acceptors (Lipinski definition) is 4. The van der Waals surface area contributed by atoms with Gasteiger partial charge in [0.15, 0.2) is 6.61 Å². The third-order valence-electron chi connectivity index (χ3n) is 5.03. The Morgan fingerprint density at radius 1 is 1.09 bits per heavy atom. The molecule has 0 saturated heterocycles. The molecule has 4 nitrogen and oxygen atoms in total. The Morgan fingerprint density at radius 3 is 2.28 bits per heavy atom. The van der Waals surface area contributed by atoms with Crippen LogP contribution in [-0.2, 0) is 10.4 Å². The van der Waals surface area contributed by atoms with Gasteiger partial charge in [-0.3, -0.25) is 4.79 Å². The number of halogens is 6. The number of fused-ring (bicyclic) bond motifs is 1. The first-order valence-corrected chi connectivity index (χ1v) is 10.4. The zero-order chi connectivity index (χ0) is 23.7. The summed E-state index contributed by atoms with van der Waals surface area (Å²) < 4.78 is 85.1. The summed E-state index contributed by atoms with van der Waals surface area (Å²) in [6.45, 7) is 1.64. The molecule has 1 N–H and O–H groups in total. The van der Waals surface area contributed by atoms with E-state index in [1.807, 2.05) is 0 Å². The molecule has 1 aliphatic rings. The van der Waals surface area contributed by atoms with Crippen LogP contribution in [0.3, 0.4) is 0 Å². The van der Waals surface area contributed by atoms with Crippen molar-refractivity contribution in [1.29, 1.82) is 0 Å². The van der Waals surface area contributed by atoms with Gasteiger partial charge in [-0.1, -0.05) is 31.2 Å². The van der Waals surface area contributed by atoms with E-state index in [4.69, 9.17) is 4.74 Å². The maximum atomic E-state index is 13.3. The number of aliphatic hydroxyl groups is 1. The van der Waals surface area contributed by atoms with Gasteiger partial charge in [-0.05, 0) is 30.7 Å². The molecule has 32 heavy (non-hydrogen) atoms. The van der Waals surface area contributed by atoms with Gasteiger partial charge >= 0.3 is 12.4 Å². The number of rotatable bonds is 5. The number of alkyl halides is 6. The molecule has 0 aliphatic carbocycles. The van der Waals surface area contributed by atoms with Gasteiger partial charge in [0, 0.05) is 22.3 Å². The summed E-state index contributed by atoms with van der Waals surface area (Å²) in [6.07, 6.45) is -11.5. The summed E-state index contributed by atoms with van der Waals surface area (Å²) >= 11 is 1.06. The molecule has 0 spiro atoms. The number of amides is 1. The monoisotopic (exact) mass is 479 g/mol. The van der Waals surface area contributed by atoms with Crippen LogP contribution < -0.4 is 9.64 Å². The van der Waals surface area contributed by atoms with Crippen molar-refractivity contribution in [1.82, 2.24) is 0 Å². The minimum absolute atomic E-state index is 0.0422. The van der Waals surface area contributed by atoms with Crippen molar-refractivity contribution in [2.24, 2.45) is 0 Å². The summed E-state index contributed by atoms with van der Waals surface area (Å²) in [5, 5.41) is 9.45. The van der Waals surface area contributed by atoms with Crippen molar-refractivity contribution in [3.05, 3.63) is 54.1 Å². The smallest absolute Gasteiger partial charge is 0.430 e. The number of para-hydroxylation sites is 1. The average molecular weight is 479 g/mol. The Bertz CT molecular complexity index is 950. The van der Waals surface area contributed by atoms with Crippen LogP contribution >= 0.6 is 11.8 Å². The van der Waals surface area contributed by atoms with E-state index in [-0.39, 0.29) is 29.0 Å². The molecule has 11 heteroatoms. The van der Waals surface area contributed by atoms with Crippen molar-refractivity contribution in [2.45, 2.75) is 41.4 Å². The molecule has 0 fully saturated rings. The van der Waals surface area contributed by atoms with Crippen molar-refractivity contribution < 1.29 is 41.0 Å². The second-order valence-electron chi connectivity index (χ2n) is 7.14. The summed E-state index contributed by atoms with van der Waals surface area (Å²) in [7, 11) is 0. The molecule has 0 aromatic heterocycles. The highest BCUT2D eigenvalue weighted by atomic mass is 32.2. The van der Waals surface area contributed by atoms with Gasteiger partial charge in [-0.25, -0.2) is 0 Å². The first-order valence-electron chi connectivity index (χ1n) is 9.53. The van der Waals surface area contributed by atoms with Crippen molar-refractivity contribution >= 4 is 23.4 Å². The molecular formula is C21H19F6NO3S. The molecule has 0 saturated carbocycles. The lowest BCUT2D eigenvalue weighted by Crippen LogP contribution is -2.54. The minimum Gasteiger partial charge on any atom is -0.484 e. The van der Waals surface area contributed by atoms with E-state index < -0.39 is 29.4 Å². The lowest BCUT2D eigenvalue weighted by Gasteiger charge is -2.36. The topological polar surface area (TPSA) is 49.8 Å². The molecule has 1 unspecified atom stereocenters. The number of hydrogen-bond donors (Lipinski definition) is 1. The largest absolute Gasteiger partial charge is 0.484 e. The number of carbonyl (C=O) groups excluding carboxylic acids is 1. The highest BCUT2D eigenvalue weighted by molar-refractivity contribution is 8.00. The summed E-state index contributed by atoms with van der Waals surface area (Å²) in [4.78, 5) is 14.1. The number of carbonyl (C=O) groups is 1. The molecule has 1 atom stereocenters. The minimum atomic E-state index is -5.98. The lowest BCUT2D eigenvalue weighted by atomic mass is 9.92.